The molecule has 1 aliphatic rings. The van der Waals surface area contributed by atoms with Crippen LogP contribution in [0.5, 0.6) is 0 Å². The maximum Gasteiger partial charge on any atom is 0.244 e. The maximum absolute atomic E-state index is 12.7. The summed E-state index contributed by atoms with van der Waals surface area (Å²) in [7, 11) is 0. The Morgan fingerprint density at radius 2 is 2.26 bits per heavy atom. The molecule has 0 unspecified atom stereocenters. The largest absolute Gasteiger partial charge is 0.443 e. The maximum atomic E-state index is 12.7. The van der Waals surface area contributed by atoms with E-state index >= 15 is 0 Å². The number of halogens is 1. The van der Waals surface area contributed by atoms with Crippen LogP contribution in [0.4, 0.5) is 0 Å². The molecule has 2 aromatic heterocycles. The van der Waals surface area contributed by atoms with E-state index in [1.165, 1.54) is 0 Å². The van der Waals surface area contributed by atoms with Crippen molar-refractivity contribution >= 4 is 17.5 Å². The lowest BCUT2D eigenvalue weighted by atomic mass is 10.1. The summed E-state index contributed by atoms with van der Waals surface area (Å²) in [5.41, 5.74) is 2.11. The molecule has 27 heavy (non-hydrogen) atoms. The molecule has 7 heteroatoms. The van der Waals surface area contributed by atoms with Gasteiger partial charge in [0, 0.05) is 24.2 Å². The predicted octanol–water partition coefficient (Wildman–Crippen LogP) is 3.79. The zero-order valence-electron chi connectivity index (χ0n) is 15.1. The van der Waals surface area contributed by atoms with Crippen molar-refractivity contribution in [2.75, 3.05) is 6.54 Å². The number of carbonyl (C=O) groups is 1. The highest BCUT2D eigenvalue weighted by Crippen LogP contribution is 2.32. The molecule has 0 aliphatic carbocycles. The predicted molar refractivity (Wildman–Crippen MR) is 101 cm³/mol. The number of hydrogen-bond donors (Lipinski definition) is 0. The third-order valence-corrected chi connectivity index (χ3v) is 4.99. The second-order valence-electron chi connectivity index (χ2n) is 6.93. The summed E-state index contributed by atoms with van der Waals surface area (Å²) in [6.45, 7) is 2.91. The molecule has 0 bridgehead atoms. The number of benzene rings is 1. The van der Waals surface area contributed by atoms with Crippen LogP contribution in [0.3, 0.4) is 0 Å². The summed E-state index contributed by atoms with van der Waals surface area (Å²) in [5.74, 6) is 1.42. The SMILES string of the molecule is Cc1cnn(CC(=O)N2CCC[C@@H]2c2ncc(Cc3cccc(Cl)c3)o2)c1. The van der Waals surface area contributed by atoms with Crippen molar-refractivity contribution in [3.05, 3.63) is 70.7 Å². The van der Waals surface area contributed by atoms with Crippen LogP contribution in [0.15, 0.2) is 47.3 Å². The molecule has 4 rings (SSSR count). The van der Waals surface area contributed by atoms with Crippen molar-refractivity contribution in [1.82, 2.24) is 19.7 Å². The molecular formula is C20H21ClN4O2. The second kappa shape index (κ2) is 7.56. The fourth-order valence-electron chi connectivity index (χ4n) is 3.51. The van der Waals surface area contributed by atoms with Crippen molar-refractivity contribution < 1.29 is 9.21 Å². The molecular weight excluding hydrogens is 364 g/mol. The van der Waals surface area contributed by atoms with Gasteiger partial charge in [0.15, 0.2) is 0 Å². The van der Waals surface area contributed by atoms with Gasteiger partial charge in [-0.2, -0.15) is 5.10 Å². The molecule has 3 heterocycles. The van der Waals surface area contributed by atoms with E-state index < -0.39 is 0 Å². The summed E-state index contributed by atoms with van der Waals surface area (Å²) in [4.78, 5) is 19.0. The number of likely N-dealkylation sites (tertiary alicyclic amines) is 1. The van der Waals surface area contributed by atoms with Gasteiger partial charge in [0.05, 0.1) is 12.4 Å². The molecule has 1 aliphatic heterocycles. The van der Waals surface area contributed by atoms with Gasteiger partial charge in [-0.25, -0.2) is 4.98 Å². The first-order valence-electron chi connectivity index (χ1n) is 9.06. The highest BCUT2D eigenvalue weighted by Gasteiger charge is 2.33. The Kier molecular flexibility index (Phi) is 4.99. The van der Waals surface area contributed by atoms with Crippen molar-refractivity contribution in [2.24, 2.45) is 0 Å². The van der Waals surface area contributed by atoms with Gasteiger partial charge in [-0.3, -0.25) is 9.48 Å². The van der Waals surface area contributed by atoms with Crippen LogP contribution in [-0.4, -0.2) is 32.1 Å². The van der Waals surface area contributed by atoms with Gasteiger partial charge < -0.3 is 9.32 Å². The van der Waals surface area contributed by atoms with E-state index in [0.29, 0.717) is 17.3 Å². The Hall–Kier alpha value is -2.60. The number of amides is 1. The number of nitrogens with zero attached hydrogens (tertiary/aromatic N) is 4. The smallest absolute Gasteiger partial charge is 0.244 e. The third-order valence-electron chi connectivity index (χ3n) is 4.76. The van der Waals surface area contributed by atoms with E-state index in [2.05, 4.69) is 10.1 Å². The van der Waals surface area contributed by atoms with Gasteiger partial charge in [0.2, 0.25) is 11.8 Å². The van der Waals surface area contributed by atoms with Crippen LogP contribution < -0.4 is 0 Å². The van der Waals surface area contributed by atoms with E-state index in [0.717, 1.165) is 36.3 Å². The molecule has 0 spiro atoms. The van der Waals surface area contributed by atoms with Crippen LogP contribution >= 0.6 is 11.6 Å². The first kappa shape index (κ1) is 17.8. The molecule has 0 N–H and O–H groups in total. The first-order chi connectivity index (χ1) is 13.1. The van der Waals surface area contributed by atoms with Crippen molar-refractivity contribution in [2.45, 2.75) is 38.8 Å². The van der Waals surface area contributed by atoms with E-state index in [9.17, 15) is 4.79 Å². The fraction of sp³-hybridized carbons (Fsp3) is 0.350. The minimum atomic E-state index is -0.109. The molecule has 1 amide bonds. The van der Waals surface area contributed by atoms with Crippen LogP contribution in [0.1, 0.15) is 41.7 Å². The lowest BCUT2D eigenvalue weighted by Gasteiger charge is -2.22. The summed E-state index contributed by atoms with van der Waals surface area (Å²) in [6, 6.07) is 7.58. The molecule has 1 atom stereocenters. The summed E-state index contributed by atoms with van der Waals surface area (Å²) in [6.07, 6.45) is 7.80. The van der Waals surface area contributed by atoms with Gasteiger partial charge in [-0.05, 0) is 43.0 Å². The minimum absolute atomic E-state index is 0.0372. The highest BCUT2D eigenvalue weighted by molar-refractivity contribution is 6.30. The van der Waals surface area contributed by atoms with Gasteiger partial charge in [0.1, 0.15) is 18.3 Å². The minimum Gasteiger partial charge on any atom is -0.443 e. The molecule has 3 aromatic rings. The first-order valence-corrected chi connectivity index (χ1v) is 9.44. The van der Waals surface area contributed by atoms with Gasteiger partial charge in [-0.15, -0.1) is 0 Å². The molecule has 0 saturated carbocycles. The Bertz CT molecular complexity index is 949. The van der Waals surface area contributed by atoms with Gasteiger partial charge in [0.25, 0.3) is 0 Å². The number of aryl methyl sites for hydroxylation is 1. The average molecular weight is 385 g/mol. The molecule has 1 fully saturated rings. The van der Waals surface area contributed by atoms with Crippen LogP contribution in [0.2, 0.25) is 5.02 Å². The molecule has 0 radical (unpaired) electrons. The second-order valence-corrected chi connectivity index (χ2v) is 7.37. The quantitative estimate of drug-likeness (QED) is 0.671. The monoisotopic (exact) mass is 384 g/mol. The number of oxazole rings is 1. The van der Waals surface area contributed by atoms with Crippen LogP contribution in [0.25, 0.3) is 0 Å². The summed E-state index contributed by atoms with van der Waals surface area (Å²) < 4.78 is 7.65. The van der Waals surface area contributed by atoms with E-state index in [-0.39, 0.29) is 18.5 Å². The number of hydrogen-bond acceptors (Lipinski definition) is 4. The Morgan fingerprint density at radius 1 is 1.37 bits per heavy atom. The van der Waals surface area contributed by atoms with Crippen LogP contribution in [0, 0.1) is 6.92 Å². The zero-order valence-corrected chi connectivity index (χ0v) is 15.9. The normalized spacial score (nSPS) is 16.8. The average Bonchev–Trinajstić information content (AvgIpc) is 3.35. The summed E-state index contributed by atoms with van der Waals surface area (Å²) in [5, 5.41) is 4.90. The van der Waals surface area contributed by atoms with E-state index in [1.807, 2.05) is 42.3 Å². The lowest BCUT2D eigenvalue weighted by Crippen LogP contribution is -2.33. The molecule has 140 valence electrons. The van der Waals surface area contributed by atoms with Crippen LogP contribution in [-0.2, 0) is 17.8 Å². The van der Waals surface area contributed by atoms with Gasteiger partial charge >= 0.3 is 0 Å². The van der Waals surface area contributed by atoms with E-state index in [1.54, 1.807) is 17.1 Å². The Morgan fingerprint density at radius 3 is 3.04 bits per heavy atom. The van der Waals surface area contributed by atoms with Crippen molar-refractivity contribution in [1.29, 1.82) is 0 Å². The fourth-order valence-corrected chi connectivity index (χ4v) is 3.72. The molecule has 1 aromatic carbocycles. The number of aromatic nitrogens is 3. The molecule has 1 saturated heterocycles. The van der Waals surface area contributed by atoms with Crippen molar-refractivity contribution in [3.63, 3.8) is 0 Å². The summed E-state index contributed by atoms with van der Waals surface area (Å²) >= 11 is 6.04. The zero-order chi connectivity index (χ0) is 18.8. The molecule has 6 nitrogen and oxygen atoms in total. The Labute approximate surface area is 162 Å². The standard InChI is InChI=1S/C20H21ClN4O2/c1-14-10-23-24(12-14)13-19(26)25-7-3-6-18(25)20-22-11-17(27-20)9-15-4-2-5-16(21)8-15/h2,4-5,8,10-12,18H,3,6-7,9,13H2,1H3/t18-/m1/s1. The van der Waals surface area contributed by atoms with Crippen molar-refractivity contribution in [3.8, 4) is 0 Å². The highest BCUT2D eigenvalue weighted by atomic mass is 35.5. The lowest BCUT2D eigenvalue weighted by molar-refractivity contribution is -0.133. The third kappa shape index (κ3) is 4.06. The number of rotatable bonds is 5. The van der Waals surface area contributed by atoms with E-state index in [4.69, 9.17) is 16.0 Å². The van der Waals surface area contributed by atoms with Gasteiger partial charge in [-0.1, -0.05) is 23.7 Å². The topological polar surface area (TPSA) is 64.2 Å². The number of carbonyl (C=O) groups excluding carboxylic acids is 1. The Balaban J connectivity index is 1.45.